The fourth-order valence-electron chi connectivity index (χ4n) is 2.54. The Hall–Kier alpha value is -0.900. The molecule has 4 heteroatoms. The van der Waals surface area contributed by atoms with Gasteiger partial charge in [-0.3, -0.25) is 9.59 Å². The predicted octanol–water partition coefficient (Wildman–Crippen LogP) is 0.993. The molecule has 0 bridgehead atoms. The van der Waals surface area contributed by atoms with E-state index in [4.69, 9.17) is 4.74 Å². The van der Waals surface area contributed by atoms with Crippen molar-refractivity contribution in [2.24, 2.45) is 5.92 Å². The van der Waals surface area contributed by atoms with E-state index in [2.05, 4.69) is 6.92 Å². The van der Waals surface area contributed by atoms with Crippen LogP contribution in [0.2, 0.25) is 0 Å². The van der Waals surface area contributed by atoms with E-state index in [-0.39, 0.29) is 23.7 Å². The van der Waals surface area contributed by atoms with Crippen molar-refractivity contribution in [2.45, 2.75) is 38.7 Å². The van der Waals surface area contributed by atoms with Crippen molar-refractivity contribution < 1.29 is 14.3 Å². The first-order chi connectivity index (χ1) is 7.72. The molecule has 0 aromatic carbocycles. The highest BCUT2D eigenvalue weighted by molar-refractivity contribution is 5.84. The molecule has 2 atom stereocenters. The van der Waals surface area contributed by atoms with Gasteiger partial charge < -0.3 is 9.64 Å². The van der Waals surface area contributed by atoms with Crippen LogP contribution in [0.15, 0.2) is 0 Å². The van der Waals surface area contributed by atoms with Gasteiger partial charge in [0.05, 0.1) is 12.0 Å². The summed E-state index contributed by atoms with van der Waals surface area (Å²) in [4.78, 5) is 25.2. The van der Waals surface area contributed by atoms with Gasteiger partial charge in [-0.15, -0.1) is 0 Å². The molecule has 0 radical (unpaired) electrons. The van der Waals surface area contributed by atoms with Crippen molar-refractivity contribution >= 4 is 11.7 Å². The summed E-state index contributed by atoms with van der Waals surface area (Å²) in [5.74, 6) is 0.494. The van der Waals surface area contributed by atoms with E-state index in [0.29, 0.717) is 32.5 Å². The average Bonchev–Trinajstić information content (AvgIpc) is 2.77. The number of rotatable bonds is 2. The van der Waals surface area contributed by atoms with Crippen LogP contribution in [0.4, 0.5) is 0 Å². The van der Waals surface area contributed by atoms with Crippen molar-refractivity contribution in [2.75, 3.05) is 19.7 Å². The number of ketones is 1. The molecule has 0 aromatic heterocycles. The SMILES string of the molecule is CCC1OCCC1C(=O)N1CCC(=O)CC1. The predicted molar refractivity (Wildman–Crippen MR) is 59.0 cm³/mol. The molecule has 16 heavy (non-hydrogen) atoms. The Morgan fingerprint density at radius 2 is 2.12 bits per heavy atom. The van der Waals surface area contributed by atoms with Crippen molar-refractivity contribution in [3.63, 3.8) is 0 Å². The molecule has 0 aromatic rings. The lowest BCUT2D eigenvalue weighted by Crippen LogP contribution is -2.43. The maximum atomic E-state index is 12.2. The summed E-state index contributed by atoms with van der Waals surface area (Å²) in [5, 5.41) is 0. The summed E-state index contributed by atoms with van der Waals surface area (Å²) in [5.41, 5.74) is 0. The Morgan fingerprint density at radius 3 is 2.75 bits per heavy atom. The molecule has 2 rings (SSSR count). The lowest BCUT2D eigenvalue weighted by Gasteiger charge is -2.29. The van der Waals surface area contributed by atoms with Crippen LogP contribution in [0.3, 0.4) is 0 Å². The van der Waals surface area contributed by atoms with Crippen LogP contribution in [-0.4, -0.2) is 42.4 Å². The molecular formula is C12H19NO3. The second-order valence-corrected chi connectivity index (χ2v) is 4.58. The van der Waals surface area contributed by atoms with Gasteiger partial charge in [-0.05, 0) is 12.8 Å². The highest BCUT2D eigenvalue weighted by Crippen LogP contribution is 2.26. The van der Waals surface area contributed by atoms with Gasteiger partial charge in [0.1, 0.15) is 5.78 Å². The first-order valence-corrected chi connectivity index (χ1v) is 6.14. The summed E-state index contributed by atoms with van der Waals surface area (Å²) in [7, 11) is 0. The smallest absolute Gasteiger partial charge is 0.228 e. The van der Waals surface area contributed by atoms with Crippen LogP contribution in [0.5, 0.6) is 0 Å². The van der Waals surface area contributed by atoms with Crippen LogP contribution in [0, 0.1) is 5.92 Å². The normalized spacial score (nSPS) is 30.8. The van der Waals surface area contributed by atoms with Crippen LogP contribution < -0.4 is 0 Å². The third-order valence-electron chi connectivity index (χ3n) is 3.56. The van der Waals surface area contributed by atoms with Crippen LogP contribution in [0.1, 0.15) is 32.6 Å². The number of ether oxygens (including phenoxy) is 1. The third-order valence-corrected chi connectivity index (χ3v) is 3.56. The van der Waals surface area contributed by atoms with Gasteiger partial charge in [0.2, 0.25) is 5.91 Å². The summed E-state index contributed by atoms with van der Waals surface area (Å²) >= 11 is 0. The van der Waals surface area contributed by atoms with Gasteiger partial charge in [0.25, 0.3) is 0 Å². The Balaban J connectivity index is 1.94. The van der Waals surface area contributed by atoms with Crippen molar-refractivity contribution in [1.29, 1.82) is 0 Å². The lowest BCUT2D eigenvalue weighted by molar-refractivity contribution is -0.139. The standard InChI is InChI=1S/C12H19NO3/c1-2-11-10(5-8-16-11)12(15)13-6-3-9(14)4-7-13/h10-11H,2-8H2,1H3. The van der Waals surface area contributed by atoms with Gasteiger partial charge in [-0.2, -0.15) is 0 Å². The Morgan fingerprint density at radius 1 is 1.44 bits per heavy atom. The van der Waals surface area contributed by atoms with E-state index in [9.17, 15) is 9.59 Å². The van der Waals surface area contributed by atoms with E-state index in [1.807, 2.05) is 4.90 Å². The van der Waals surface area contributed by atoms with E-state index in [1.165, 1.54) is 0 Å². The molecule has 2 heterocycles. The fraction of sp³-hybridized carbons (Fsp3) is 0.833. The van der Waals surface area contributed by atoms with E-state index < -0.39 is 0 Å². The first kappa shape index (κ1) is 11.6. The molecule has 1 amide bonds. The molecule has 0 spiro atoms. The molecule has 0 N–H and O–H groups in total. The van der Waals surface area contributed by atoms with Gasteiger partial charge in [0.15, 0.2) is 0 Å². The van der Waals surface area contributed by atoms with Crippen LogP contribution >= 0.6 is 0 Å². The monoisotopic (exact) mass is 225 g/mol. The minimum absolute atomic E-state index is 0.0261. The van der Waals surface area contributed by atoms with E-state index >= 15 is 0 Å². The van der Waals surface area contributed by atoms with Crippen LogP contribution in [-0.2, 0) is 14.3 Å². The number of hydrogen-bond donors (Lipinski definition) is 0. The Bertz CT molecular complexity index is 280. The molecule has 2 saturated heterocycles. The van der Waals surface area contributed by atoms with Gasteiger partial charge >= 0.3 is 0 Å². The summed E-state index contributed by atoms with van der Waals surface area (Å²) in [6.07, 6.45) is 2.86. The Labute approximate surface area is 95.9 Å². The third kappa shape index (κ3) is 2.26. The van der Waals surface area contributed by atoms with Crippen molar-refractivity contribution in [3.05, 3.63) is 0 Å². The van der Waals surface area contributed by atoms with Gasteiger partial charge in [-0.25, -0.2) is 0 Å². The average molecular weight is 225 g/mol. The number of likely N-dealkylation sites (tertiary alicyclic amines) is 1. The molecule has 2 fully saturated rings. The molecule has 2 unspecified atom stereocenters. The molecule has 0 aliphatic carbocycles. The minimum atomic E-state index is 0.0261. The Kier molecular flexibility index (Phi) is 3.59. The lowest BCUT2D eigenvalue weighted by atomic mass is 9.96. The van der Waals surface area contributed by atoms with E-state index in [1.54, 1.807) is 0 Å². The maximum absolute atomic E-state index is 12.2. The summed E-state index contributed by atoms with van der Waals surface area (Å²) in [6, 6.07) is 0. The number of Topliss-reactive ketones (excluding diaryl/α,β-unsaturated/α-hetero) is 1. The van der Waals surface area contributed by atoms with Gasteiger partial charge in [0, 0.05) is 32.5 Å². The molecule has 90 valence electrons. The van der Waals surface area contributed by atoms with Crippen molar-refractivity contribution in [3.8, 4) is 0 Å². The quantitative estimate of drug-likeness (QED) is 0.704. The highest BCUT2D eigenvalue weighted by Gasteiger charge is 2.36. The zero-order valence-electron chi connectivity index (χ0n) is 9.78. The zero-order valence-corrected chi connectivity index (χ0v) is 9.78. The van der Waals surface area contributed by atoms with Crippen LogP contribution in [0.25, 0.3) is 0 Å². The van der Waals surface area contributed by atoms with E-state index in [0.717, 1.165) is 12.8 Å². The number of amides is 1. The second kappa shape index (κ2) is 4.95. The first-order valence-electron chi connectivity index (χ1n) is 6.14. The number of piperidine rings is 1. The van der Waals surface area contributed by atoms with Crippen molar-refractivity contribution in [1.82, 2.24) is 4.90 Å². The highest BCUT2D eigenvalue weighted by atomic mass is 16.5. The zero-order chi connectivity index (χ0) is 11.5. The number of carbonyl (C=O) groups excluding carboxylic acids is 2. The number of nitrogens with zero attached hydrogens (tertiary/aromatic N) is 1. The fourth-order valence-corrected chi connectivity index (χ4v) is 2.54. The molecule has 2 aliphatic heterocycles. The largest absolute Gasteiger partial charge is 0.377 e. The van der Waals surface area contributed by atoms with Gasteiger partial charge in [-0.1, -0.05) is 6.92 Å². The summed E-state index contributed by atoms with van der Waals surface area (Å²) in [6.45, 7) is 3.95. The summed E-state index contributed by atoms with van der Waals surface area (Å²) < 4.78 is 5.53. The molecule has 0 saturated carbocycles. The molecule has 4 nitrogen and oxygen atoms in total. The molecular weight excluding hydrogens is 206 g/mol. The second-order valence-electron chi connectivity index (χ2n) is 4.58. The number of hydrogen-bond acceptors (Lipinski definition) is 3. The topological polar surface area (TPSA) is 46.6 Å². The minimum Gasteiger partial charge on any atom is -0.377 e. The maximum Gasteiger partial charge on any atom is 0.228 e. The molecule has 2 aliphatic rings. The number of carbonyl (C=O) groups is 2.